The molecule has 92 valence electrons. The third-order valence-corrected chi connectivity index (χ3v) is 3.84. The number of hydrogen-bond acceptors (Lipinski definition) is 1. The first kappa shape index (κ1) is 12.4. The molecule has 0 radical (unpaired) electrons. The van der Waals surface area contributed by atoms with Crippen molar-refractivity contribution in [1.82, 2.24) is 5.32 Å². The molecule has 1 aromatic carbocycles. The van der Waals surface area contributed by atoms with Gasteiger partial charge in [-0.25, -0.2) is 4.39 Å². The second kappa shape index (κ2) is 4.65. The van der Waals surface area contributed by atoms with Gasteiger partial charge in [-0.2, -0.15) is 0 Å². The Balaban J connectivity index is 2.28. The summed E-state index contributed by atoms with van der Waals surface area (Å²) in [7, 11) is 0. The monoisotopic (exact) mass is 255 g/mol. The molecule has 0 bridgehead atoms. The summed E-state index contributed by atoms with van der Waals surface area (Å²) in [5, 5.41) is 3.39. The number of rotatable bonds is 3. The number of amides is 1. The molecule has 1 N–H and O–H groups in total. The molecule has 0 aliphatic carbocycles. The molecule has 2 rings (SSSR count). The number of carbonyl (C=O) groups excluding carboxylic acids is 1. The summed E-state index contributed by atoms with van der Waals surface area (Å²) in [6, 6.07) is 4.68. The number of nitrogens with one attached hydrogen (secondary N) is 1. The van der Waals surface area contributed by atoms with Gasteiger partial charge in [0.2, 0.25) is 5.91 Å². The predicted molar refractivity (Wildman–Crippen MR) is 65.5 cm³/mol. The summed E-state index contributed by atoms with van der Waals surface area (Å²) in [6.07, 6.45) is 2.50. The maximum atomic E-state index is 13.7. The number of hydrogen-bond donors (Lipinski definition) is 1. The van der Waals surface area contributed by atoms with Gasteiger partial charge in [0.15, 0.2) is 0 Å². The normalized spacial score (nSPS) is 23.8. The van der Waals surface area contributed by atoms with Crippen LogP contribution in [-0.4, -0.2) is 11.4 Å². The van der Waals surface area contributed by atoms with Crippen LogP contribution in [-0.2, 0) is 11.2 Å². The van der Waals surface area contributed by atoms with E-state index in [1.165, 1.54) is 6.07 Å². The Kier molecular flexibility index (Phi) is 3.38. The van der Waals surface area contributed by atoms with Crippen LogP contribution in [0.4, 0.5) is 4.39 Å². The minimum Gasteiger partial charge on any atom is -0.350 e. The smallest absolute Gasteiger partial charge is 0.220 e. The van der Waals surface area contributed by atoms with Crippen molar-refractivity contribution in [2.75, 3.05) is 0 Å². The van der Waals surface area contributed by atoms with E-state index in [1.807, 2.05) is 6.92 Å². The van der Waals surface area contributed by atoms with E-state index in [0.717, 1.165) is 12.8 Å². The molecule has 1 aliphatic rings. The highest BCUT2D eigenvalue weighted by molar-refractivity contribution is 6.31. The molecular formula is C13H15ClFNO. The number of carbonyl (C=O) groups is 1. The van der Waals surface area contributed by atoms with E-state index in [-0.39, 0.29) is 17.3 Å². The Bertz CT molecular complexity index is 429. The summed E-state index contributed by atoms with van der Waals surface area (Å²) in [4.78, 5) is 11.3. The molecule has 1 fully saturated rings. The third kappa shape index (κ3) is 2.44. The lowest BCUT2D eigenvalue weighted by Gasteiger charge is -2.28. The van der Waals surface area contributed by atoms with Gasteiger partial charge in [-0.15, -0.1) is 0 Å². The standard InChI is InChI=1S/C13H15ClFNO/c1-2-13(7-6-12(17)16-13)8-9-10(14)4-3-5-11(9)15/h3-5H,2,6-8H2,1H3,(H,16,17). The van der Waals surface area contributed by atoms with Crippen LogP contribution in [0.25, 0.3) is 0 Å². The van der Waals surface area contributed by atoms with Gasteiger partial charge in [0.1, 0.15) is 5.82 Å². The Hall–Kier alpha value is -1.09. The molecule has 1 atom stereocenters. The second-order valence-corrected chi connectivity index (χ2v) is 4.97. The van der Waals surface area contributed by atoms with Crippen LogP contribution in [0.5, 0.6) is 0 Å². The summed E-state index contributed by atoms with van der Waals surface area (Å²) < 4.78 is 13.7. The summed E-state index contributed by atoms with van der Waals surface area (Å²) in [6.45, 7) is 2.00. The quantitative estimate of drug-likeness (QED) is 0.884. The Labute approximate surface area is 105 Å². The van der Waals surface area contributed by atoms with Crippen LogP contribution in [0.15, 0.2) is 18.2 Å². The largest absolute Gasteiger partial charge is 0.350 e. The fourth-order valence-corrected chi connectivity index (χ4v) is 2.57. The molecule has 17 heavy (non-hydrogen) atoms. The number of benzene rings is 1. The zero-order valence-corrected chi connectivity index (χ0v) is 10.5. The Morgan fingerprint density at radius 2 is 2.29 bits per heavy atom. The minimum atomic E-state index is -0.330. The van der Waals surface area contributed by atoms with Crippen LogP contribution >= 0.6 is 11.6 Å². The number of halogens is 2. The fourth-order valence-electron chi connectivity index (χ4n) is 2.34. The van der Waals surface area contributed by atoms with Gasteiger partial charge in [-0.1, -0.05) is 24.6 Å². The lowest BCUT2D eigenvalue weighted by molar-refractivity contribution is -0.119. The fraction of sp³-hybridized carbons (Fsp3) is 0.462. The van der Waals surface area contributed by atoms with E-state index in [1.54, 1.807) is 12.1 Å². The highest BCUT2D eigenvalue weighted by atomic mass is 35.5. The molecular weight excluding hydrogens is 241 g/mol. The summed E-state index contributed by atoms with van der Waals surface area (Å²) >= 11 is 6.01. The van der Waals surface area contributed by atoms with Crippen LogP contribution in [0, 0.1) is 5.82 Å². The van der Waals surface area contributed by atoms with Crippen molar-refractivity contribution in [3.8, 4) is 0 Å². The summed E-state index contributed by atoms with van der Waals surface area (Å²) in [5.74, 6) is -0.259. The van der Waals surface area contributed by atoms with E-state index in [0.29, 0.717) is 23.4 Å². The third-order valence-electron chi connectivity index (χ3n) is 3.49. The summed E-state index contributed by atoms with van der Waals surface area (Å²) in [5.41, 5.74) is 0.168. The first-order chi connectivity index (χ1) is 8.06. The van der Waals surface area contributed by atoms with E-state index < -0.39 is 0 Å². The van der Waals surface area contributed by atoms with Crippen molar-refractivity contribution < 1.29 is 9.18 Å². The highest BCUT2D eigenvalue weighted by Crippen LogP contribution is 2.31. The zero-order chi connectivity index (χ0) is 12.5. The Morgan fingerprint density at radius 1 is 1.53 bits per heavy atom. The lowest BCUT2D eigenvalue weighted by atomic mass is 9.86. The van der Waals surface area contributed by atoms with Crippen molar-refractivity contribution in [3.63, 3.8) is 0 Å². The van der Waals surface area contributed by atoms with Gasteiger partial charge in [0.05, 0.1) is 0 Å². The highest BCUT2D eigenvalue weighted by Gasteiger charge is 2.37. The van der Waals surface area contributed by atoms with Crippen LogP contribution in [0.3, 0.4) is 0 Å². The molecule has 0 spiro atoms. The zero-order valence-electron chi connectivity index (χ0n) is 9.72. The lowest BCUT2D eigenvalue weighted by Crippen LogP contribution is -2.43. The first-order valence-corrected chi connectivity index (χ1v) is 6.18. The van der Waals surface area contributed by atoms with Crippen molar-refractivity contribution in [2.45, 2.75) is 38.1 Å². The first-order valence-electron chi connectivity index (χ1n) is 5.80. The molecule has 1 aromatic rings. The van der Waals surface area contributed by atoms with Gasteiger partial charge < -0.3 is 5.32 Å². The van der Waals surface area contributed by atoms with E-state index in [4.69, 9.17) is 11.6 Å². The average Bonchev–Trinajstić information content (AvgIpc) is 2.67. The Morgan fingerprint density at radius 3 is 2.82 bits per heavy atom. The van der Waals surface area contributed by atoms with Crippen LogP contribution in [0.1, 0.15) is 31.7 Å². The minimum absolute atomic E-state index is 0.0410. The maximum Gasteiger partial charge on any atom is 0.220 e. The molecule has 1 heterocycles. The average molecular weight is 256 g/mol. The van der Waals surface area contributed by atoms with Gasteiger partial charge in [-0.05, 0) is 31.4 Å². The van der Waals surface area contributed by atoms with Crippen molar-refractivity contribution in [3.05, 3.63) is 34.6 Å². The van der Waals surface area contributed by atoms with Gasteiger partial charge in [-0.3, -0.25) is 4.79 Å². The van der Waals surface area contributed by atoms with Crippen molar-refractivity contribution in [1.29, 1.82) is 0 Å². The SMILES string of the molecule is CCC1(Cc2c(F)cccc2Cl)CCC(=O)N1. The molecule has 1 amide bonds. The van der Waals surface area contributed by atoms with Crippen LogP contribution in [0.2, 0.25) is 5.02 Å². The van der Waals surface area contributed by atoms with Crippen molar-refractivity contribution in [2.24, 2.45) is 0 Å². The van der Waals surface area contributed by atoms with Crippen molar-refractivity contribution >= 4 is 17.5 Å². The molecule has 1 unspecified atom stereocenters. The molecule has 0 saturated carbocycles. The van der Waals surface area contributed by atoms with Gasteiger partial charge >= 0.3 is 0 Å². The van der Waals surface area contributed by atoms with E-state index >= 15 is 0 Å². The maximum absolute atomic E-state index is 13.7. The molecule has 1 aliphatic heterocycles. The second-order valence-electron chi connectivity index (χ2n) is 4.56. The van der Waals surface area contributed by atoms with Gasteiger partial charge in [0, 0.05) is 22.5 Å². The topological polar surface area (TPSA) is 29.1 Å². The van der Waals surface area contributed by atoms with Gasteiger partial charge in [0.25, 0.3) is 0 Å². The predicted octanol–water partition coefficient (Wildman–Crippen LogP) is 3.08. The van der Waals surface area contributed by atoms with Crippen LogP contribution < -0.4 is 5.32 Å². The molecule has 0 aromatic heterocycles. The molecule has 1 saturated heterocycles. The van der Waals surface area contributed by atoms with E-state index in [2.05, 4.69) is 5.32 Å². The van der Waals surface area contributed by atoms with E-state index in [9.17, 15) is 9.18 Å². The molecule has 4 heteroatoms. The molecule has 2 nitrogen and oxygen atoms in total.